The van der Waals surface area contributed by atoms with Gasteiger partial charge >= 0.3 is 0 Å². The third kappa shape index (κ3) is 3.88. The molecular weight excluding hydrogens is 356 g/mol. The molecule has 1 aromatic carbocycles. The van der Waals surface area contributed by atoms with Crippen LogP contribution in [-0.2, 0) is 6.42 Å². The Hall–Kier alpha value is -2.26. The van der Waals surface area contributed by atoms with Gasteiger partial charge in [-0.1, -0.05) is 54.3 Å². The molecule has 9 heteroatoms. The van der Waals surface area contributed by atoms with E-state index in [1.165, 1.54) is 16.9 Å². The summed E-state index contributed by atoms with van der Waals surface area (Å²) in [5.74, 6) is 0.574. The number of aryl methyl sites for hydroxylation is 1. The molecule has 25 heavy (non-hydrogen) atoms. The number of thioether (sulfide) groups is 1. The Morgan fingerprint density at radius 2 is 1.96 bits per heavy atom. The number of carbonyl (C=O) groups is 1. The highest BCUT2D eigenvalue weighted by atomic mass is 32.2. The van der Waals surface area contributed by atoms with Crippen molar-refractivity contribution in [2.45, 2.75) is 31.5 Å². The molecule has 0 aliphatic rings. The van der Waals surface area contributed by atoms with E-state index >= 15 is 0 Å². The first kappa shape index (κ1) is 17.6. The Balaban J connectivity index is 1.78. The molecule has 3 aromatic rings. The summed E-state index contributed by atoms with van der Waals surface area (Å²) in [5.41, 5.74) is 3.07. The average molecular weight is 374 g/mol. The van der Waals surface area contributed by atoms with Crippen LogP contribution in [-0.4, -0.2) is 36.9 Å². The maximum absolute atomic E-state index is 12.5. The topological polar surface area (TPSA) is 85.6 Å². The van der Waals surface area contributed by atoms with E-state index in [0.29, 0.717) is 10.8 Å². The molecule has 130 valence electrons. The number of aromatic nitrogens is 5. The fourth-order valence-electron chi connectivity index (χ4n) is 2.26. The van der Waals surface area contributed by atoms with E-state index < -0.39 is 0 Å². The maximum atomic E-state index is 12.5. The van der Waals surface area contributed by atoms with E-state index in [0.717, 1.165) is 22.2 Å². The fraction of sp³-hybridized carbons (Fsp3) is 0.312. The second kappa shape index (κ2) is 7.75. The lowest BCUT2D eigenvalue weighted by Gasteiger charge is -2.04. The smallest absolute Gasteiger partial charge is 0.279 e. The van der Waals surface area contributed by atoms with Crippen molar-refractivity contribution in [2.24, 2.45) is 0 Å². The molecule has 2 heterocycles. The third-order valence-electron chi connectivity index (χ3n) is 3.59. The molecule has 2 aromatic heterocycles. The standard InChI is InChI=1S/C16H18N6OS2/c1-4-11-6-8-12(9-7-11)22-10(3)13(18-21-22)14(23)17-15-19-20-16(25-15)24-5-2/h6-9H,4-5H2,1-3H3,(H,17,19,23). The van der Waals surface area contributed by atoms with Crippen LogP contribution in [0.5, 0.6) is 0 Å². The fourth-order valence-corrected chi connectivity index (χ4v) is 3.90. The highest BCUT2D eigenvalue weighted by Crippen LogP contribution is 2.25. The van der Waals surface area contributed by atoms with Crippen molar-refractivity contribution in [1.29, 1.82) is 0 Å². The number of hydrogen-bond donors (Lipinski definition) is 1. The number of hydrogen-bond acceptors (Lipinski definition) is 7. The quantitative estimate of drug-likeness (QED) is 0.526. The highest BCUT2D eigenvalue weighted by Gasteiger charge is 2.19. The van der Waals surface area contributed by atoms with Gasteiger partial charge in [-0.3, -0.25) is 10.1 Å². The van der Waals surface area contributed by atoms with E-state index in [2.05, 4.69) is 32.7 Å². The summed E-state index contributed by atoms with van der Waals surface area (Å²) < 4.78 is 2.49. The summed E-state index contributed by atoms with van der Waals surface area (Å²) in [4.78, 5) is 12.5. The normalized spacial score (nSPS) is 10.8. The molecule has 0 saturated heterocycles. The summed E-state index contributed by atoms with van der Waals surface area (Å²) in [6, 6.07) is 8.04. The molecule has 0 aliphatic carbocycles. The van der Waals surface area contributed by atoms with Gasteiger partial charge in [0, 0.05) is 0 Å². The van der Waals surface area contributed by atoms with Gasteiger partial charge in [0.1, 0.15) is 0 Å². The van der Waals surface area contributed by atoms with Gasteiger partial charge in [-0.15, -0.1) is 15.3 Å². The van der Waals surface area contributed by atoms with Crippen molar-refractivity contribution in [3.8, 4) is 5.69 Å². The van der Waals surface area contributed by atoms with Gasteiger partial charge in [0.15, 0.2) is 10.0 Å². The van der Waals surface area contributed by atoms with Crippen molar-refractivity contribution in [2.75, 3.05) is 11.1 Å². The summed E-state index contributed by atoms with van der Waals surface area (Å²) in [6.45, 7) is 5.97. The van der Waals surface area contributed by atoms with Crippen LogP contribution >= 0.6 is 23.1 Å². The van der Waals surface area contributed by atoms with Gasteiger partial charge in [-0.2, -0.15) is 0 Å². The van der Waals surface area contributed by atoms with Crippen LogP contribution in [0.15, 0.2) is 28.6 Å². The first-order chi connectivity index (χ1) is 12.1. The number of carbonyl (C=O) groups excluding carboxylic acids is 1. The van der Waals surface area contributed by atoms with Crippen molar-refractivity contribution >= 4 is 34.1 Å². The molecule has 3 rings (SSSR count). The monoisotopic (exact) mass is 374 g/mol. The molecule has 0 atom stereocenters. The first-order valence-electron chi connectivity index (χ1n) is 7.91. The summed E-state index contributed by atoms with van der Waals surface area (Å²) in [7, 11) is 0. The van der Waals surface area contributed by atoms with Gasteiger partial charge in [0.25, 0.3) is 5.91 Å². The van der Waals surface area contributed by atoms with Crippen LogP contribution in [0, 0.1) is 6.92 Å². The SMILES string of the molecule is CCSc1nnc(NC(=O)c2nnn(-c3ccc(CC)cc3)c2C)s1. The van der Waals surface area contributed by atoms with E-state index in [9.17, 15) is 4.79 Å². The number of nitrogens with one attached hydrogen (secondary N) is 1. The molecule has 0 bridgehead atoms. The second-order valence-corrected chi connectivity index (χ2v) is 7.70. The van der Waals surface area contributed by atoms with Crippen LogP contribution in [0.3, 0.4) is 0 Å². The van der Waals surface area contributed by atoms with E-state index in [1.807, 2.05) is 38.1 Å². The largest absolute Gasteiger partial charge is 0.295 e. The summed E-state index contributed by atoms with van der Waals surface area (Å²) in [5, 5.41) is 19.3. The Labute approximate surface area is 153 Å². The maximum Gasteiger partial charge on any atom is 0.279 e. The predicted molar refractivity (Wildman–Crippen MR) is 99.7 cm³/mol. The highest BCUT2D eigenvalue weighted by molar-refractivity contribution is 8.01. The Morgan fingerprint density at radius 3 is 2.64 bits per heavy atom. The minimum Gasteiger partial charge on any atom is -0.295 e. The Kier molecular flexibility index (Phi) is 5.44. The van der Waals surface area contributed by atoms with Gasteiger partial charge < -0.3 is 0 Å². The van der Waals surface area contributed by atoms with Crippen LogP contribution in [0.1, 0.15) is 35.6 Å². The number of anilines is 1. The number of benzene rings is 1. The van der Waals surface area contributed by atoms with E-state index in [4.69, 9.17) is 0 Å². The van der Waals surface area contributed by atoms with E-state index in [1.54, 1.807) is 16.4 Å². The average Bonchev–Trinajstić information content (AvgIpc) is 3.22. The minimum absolute atomic E-state index is 0.277. The minimum atomic E-state index is -0.335. The van der Waals surface area contributed by atoms with Gasteiger partial charge in [0.2, 0.25) is 5.13 Å². The van der Waals surface area contributed by atoms with Crippen LogP contribution in [0.25, 0.3) is 5.69 Å². The molecule has 0 unspecified atom stereocenters. The molecule has 1 N–H and O–H groups in total. The molecule has 0 saturated carbocycles. The van der Waals surface area contributed by atoms with Gasteiger partial charge in [0.05, 0.1) is 11.4 Å². The van der Waals surface area contributed by atoms with Crippen LogP contribution in [0.4, 0.5) is 5.13 Å². The third-order valence-corrected chi connectivity index (χ3v) is 5.45. The lowest BCUT2D eigenvalue weighted by atomic mass is 10.1. The lowest BCUT2D eigenvalue weighted by Crippen LogP contribution is -2.14. The van der Waals surface area contributed by atoms with Crippen molar-refractivity contribution in [3.63, 3.8) is 0 Å². The van der Waals surface area contributed by atoms with E-state index in [-0.39, 0.29) is 11.6 Å². The Morgan fingerprint density at radius 1 is 1.20 bits per heavy atom. The molecule has 0 radical (unpaired) electrons. The molecule has 1 amide bonds. The van der Waals surface area contributed by atoms with Crippen LogP contribution < -0.4 is 5.32 Å². The van der Waals surface area contributed by atoms with Crippen molar-refractivity contribution in [1.82, 2.24) is 25.2 Å². The molecule has 0 fully saturated rings. The molecule has 7 nitrogen and oxygen atoms in total. The zero-order valence-corrected chi connectivity index (χ0v) is 15.8. The summed E-state index contributed by atoms with van der Waals surface area (Å²) in [6.07, 6.45) is 0.977. The van der Waals surface area contributed by atoms with Crippen LogP contribution in [0.2, 0.25) is 0 Å². The number of amides is 1. The van der Waals surface area contributed by atoms with Gasteiger partial charge in [-0.05, 0) is 36.8 Å². The lowest BCUT2D eigenvalue weighted by molar-refractivity contribution is 0.102. The zero-order valence-electron chi connectivity index (χ0n) is 14.2. The number of nitrogens with zero attached hydrogens (tertiary/aromatic N) is 5. The van der Waals surface area contributed by atoms with Gasteiger partial charge in [-0.25, -0.2) is 4.68 Å². The molecular formula is C16H18N6OS2. The first-order valence-corrected chi connectivity index (χ1v) is 9.71. The Bertz CT molecular complexity index is 871. The second-order valence-electron chi connectivity index (χ2n) is 5.22. The van der Waals surface area contributed by atoms with Crippen molar-refractivity contribution in [3.05, 3.63) is 41.2 Å². The molecule has 0 aliphatic heterocycles. The predicted octanol–water partition coefficient (Wildman–Crippen LogP) is 3.35. The zero-order chi connectivity index (χ0) is 17.8. The number of rotatable bonds is 6. The van der Waals surface area contributed by atoms with Crippen molar-refractivity contribution < 1.29 is 4.79 Å². The molecule has 0 spiro atoms. The summed E-state index contributed by atoms with van der Waals surface area (Å²) >= 11 is 2.94.